The number of rotatable bonds is 4. The summed E-state index contributed by atoms with van der Waals surface area (Å²) in [6.45, 7) is 2.13. The average molecular weight is 432 g/mol. The van der Waals surface area contributed by atoms with Crippen molar-refractivity contribution in [1.82, 2.24) is 10.2 Å². The van der Waals surface area contributed by atoms with Gasteiger partial charge in [0.15, 0.2) is 0 Å². The Morgan fingerprint density at radius 2 is 2.14 bits per heavy atom. The number of aryl methyl sites for hydroxylation is 1. The van der Waals surface area contributed by atoms with Gasteiger partial charge in [-0.1, -0.05) is 23.7 Å². The molecule has 1 atom stereocenters. The zero-order valence-corrected chi connectivity index (χ0v) is 17.2. The van der Waals surface area contributed by atoms with E-state index in [9.17, 15) is 19.2 Å². The fourth-order valence-electron chi connectivity index (χ4n) is 3.55. The molecule has 2 aliphatic heterocycles. The van der Waals surface area contributed by atoms with E-state index < -0.39 is 11.9 Å². The largest absolute Gasteiger partial charge is 0.322 e. The number of anilines is 1. The molecule has 4 amide bonds. The predicted molar refractivity (Wildman–Crippen MR) is 109 cm³/mol. The number of piperidine rings is 1. The molecule has 0 spiro atoms. The molecule has 0 radical (unpaired) electrons. The molecule has 150 valence electrons. The molecule has 7 nitrogen and oxygen atoms in total. The minimum atomic E-state index is -0.671. The van der Waals surface area contributed by atoms with Gasteiger partial charge in [0.2, 0.25) is 17.7 Å². The lowest BCUT2D eigenvalue weighted by Crippen LogP contribution is -2.52. The summed E-state index contributed by atoms with van der Waals surface area (Å²) in [6, 6.07) is 4.82. The van der Waals surface area contributed by atoms with Gasteiger partial charge in [0.25, 0.3) is 5.91 Å². The van der Waals surface area contributed by atoms with Crippen LogP contribution in [0.15, 0.2) is 23.6 Å². The van der Waals surface area contributed by atoms with E-state index in [2.05, 4.69) is 10.6 Å². The lowest BCUT2D eigenvalue weighted by molar-refractivity contribution is -0.137. The first kappa shape index (κ1) is 19.6. The summed E-state index contributed by atoms with van der Waals surface area (Å²) in [6.07, 6.45) is 0.674. The molecule has 1 aromatic heterocycles. The smallest absolute Gasteiger partial charge is 0.256 e. The number of carbonyl (C=O) groups excluding carboxylic acids is 4. The van der Waals surface area contributed by atoms with E-state index in [1.54, 1.807) is 11.4 Å². The lowest BCUT2D eigenvalue weighted by atomic mass is 10.0. The normalized spacial score (nSPS) is 18.6. The Morgan fingerprint density at radius 1 is 1.34 bits per heavy atom. The first-order valence-electron chi connectivity index (χ1n) is 9.13. The molecular weight excluding hydrogens is 414 g/mol. The van der Waals surface area contributed by atoms with Crippen molar-refractivity contribution in [3.8, 4) is 0 Å². The van der Waals surface area contributed by atoms with E-state index in [4.69, 9.17) is 11.6 Å². The number of thiophene rings is 1. The summed E-state index contributed by atoms with van der Waals surface area (Å²) in [5.41, 5.74) is 2.94. The van der Waals surface area contributed by atoms with Crippen LogP contribution < -0.4 is 10.6 Å². The van der Waals surface area contributed by atoms with Crippen LogP contribution in [-0.4, -0.2) is 34.6 Å². The summed E-state index contributed by atoms with van der Waals surface area (Å²) in [5.74, 6) is -1.24. The molecule has 1 saturated heterocycles. The van der Waals surface area contributed by atoms with Crippen molar-refractivity contribution in [3.05, 3.63) is 50.9 Å². The second-order valence-electron chi connectivity index (χ2n) is 7.17. The van der Waals surface area contributed by atoms with Gasteiger partial charge < -0.3 is 10.2 Å². The highest BCUT2D eigenvalue weighted by atomic mass is 35.5. The molecule has 0 saturated carbocycles. The summed E-state index contributed by atoms with van der Waals surface area (Å²) in [5, 5.41) is 8.06. The SMILES string of the molecule is Cc1ccc(CC(=O)Nc2scc3c2CN(C2CCC(=O)NC2=O)C3=O)cc1Cl. The monoisotopic (exact) mass is 431 g/mol. The Labute approximate surface area is 176 Å². The molecule has 2 aromatic rings. The van der Waals surface area contributed by atoms with Gasteiger partial charge in [-0.15, -0.1) is 11.3 Å². The number of hydrogen-bond acceptors (Lipinski definition) is 5. The van der Waals surface area contributed by atoms with Gasteiger partial charge in [0.1, 0.15) is 11.0 Å². The number of fused-ring (bicyclic) bond motifs is 1. The standard InChI is InChI=1S/C20H18ClN3O4S/c1-10-2-3-11(6-14(10)21)7-17(26)23-19-12-8-24(20(28)13(12)9-29-19)15-4-5-16(25)22-18(15)27/h2-3,6,9,15H,4-5,7-8H2,1H3,(H,23,26)(H,22,25,27). The summed E-state index contributed by atoms with van der Waals surface area (Å²) >= 11 is 7.41. The number of benzene rings is 1. The van der Waals surface area contributed by atoms with Crippen LogP contribution in [0, 0.1) is 6.92 Å². The second-order valence-corrected chi connectivity index (χ2v) is 8.45. The Bertz CT molecular complexity index is 1050. The quantitative estimate of drug-likeness (QED) is 0.727. The first-order chi connectivity index (χ1) is 13.8. The van der Waals surface area contributed by atoms with Crippen molar-refractivity contribution in [2.24, 2.45) is 0 Å². The fourth-order valence-corrected chi connectivity index (χ4v) is 4.73. The Morgan fingerprint density at radius 3 is 2.86 bits per heavy atom. The van der Waals surface area contributed by atoms with Crippen LogP contribution in [0.2, 0.25) is 5.02 Å². The molecule has 9 heteroatoms. The van der Waals surface area contributed by atoms with Gasteiger partial charge in [-0.25, -0.2) is 0 Å². The highest BCUT2D eigenvalue weighted by Gasteiger charge is 2.40. The molecule has 1 aromatic carbocycles. The summed E-state index contributed by atoms with van der Waals surface area (Å²) < 4.78 is 0. The number of halogens is 1. The third-order valence-electron chi connectivity index (χ3n) is 5.15. The van der Waals surface area contributed by atoms with E-state index in [0.717, 1.165) is 11.1 Å². The second kappa shape index (κ2) is 7.61. The van der Waals surface area contributed by atoms with Crippen LogP contribution in [0.1, 0.15) is 39.9 Å². The van der Waals surface area contributed by atoms with Gasteiger partial charge in [0, 0.05) is 22.4 Å². The van der Waals surface area contributed by atoms with Crippen molar-refractivity contribution in [1.29, 1.82) is 0 Å². The Hall–Kier alpha value is -2.71. The van der Waals surface area contributed by atoms with Crippen molar-refractivity contribution in [2.75, 3.05) is 5.32 Å². The number of carbonyl (C=O) groups is 4. The van der Waals surface area contributed by atoms with Gasteiger partial charge in [-0.05, 0) is 30.5 Å². The van der Waals surface area contributed by atoms with Gasteiger partial charge >= 0.3 is 0 Å². The van der Waals surface area contributed by atoms with Crippen LogP contribution in [0.25, 0.3) is 0 Å². The lowest BCUT2D eigenvalue weighted by Gasteiger charge is -2.29. The molecule has 2 aliphatic rings. The molecular formula is C20H18ClN3O4S. The third-order valence-corrected chi connectivity index (χ3v) is 6.50. The molecule has 1 fully saturated rings. The van der Waals surface area contributed by atoms with Crippen LogP contribution in [0.4, 0.5) is 5.00 Å². The Balaban J connectivity index is 1.46. The summed E-state index contributed by atoms with van der Waals surface area (Å²) in [7, 11) is 0. The van der Waals surface area contributed by atoms with Crippen molar-refractivity contribution in [3.63, 3.8) is 0 Å². The van der Waals surface area contributed by atoms with E-state index in [1.807, 2.05) is 19.1 Å². The maximum Gasteiger partial charge on any atom is 0.256 e. The maximum atomic E-state index is 12.7. The highest BCUT2D eigenvalue weighted by molar-refractivity contribution is 7.15. The van der Waals surface area contributed by atoms with Gasteiger partial charge in [-0.2, -0.15) is 0 Å². The minimum Gasteiger partial charge on any atom is -0.322 e. The van der Waals surface area contributed by atoms with Crippen LogP contribution >= 0.6 is 22.9 Å². The number of hydrogen-bond donors (Lipinski definition) is 2. The fraction of sp³-hybridized carbons (Fsp3) is 0.300. The average Bonchev–Trinajstić information content (AvgIpc) is 3.19. The van der Waals surface area contributed by atoms with E-state index in [0.29, 0.717) is 27.6 Å². The van der Waals surface area contributed by atoms with E-state index >= 15 is 0 Å². The number of amides is 4. The molecule has 4 rings (SSSR count). The van der Waals surface area contributed by atoms with Crippen molar-refractivity contribution < 1.29 is 19.2 Å². The predicted octanol–water partition coefficient (Wildman–Crippen LogP) is 2.65. The zero-order chi connectivity index (χ0) is 20.7. The molecule has 1 unspecified atom stereocenters. The zero-order valence-electron chi connectivity index (χ0n) is 15.6. The number of imide groups is 1. The van der Waals surface area contributed by atoms with Gasteiger partial charge in [0.05, 0.1) is 18.5 Å². The van der Waals surface area contributed by atoms with Crippen molar-refractivity contribution in [2.45, 2.75) is 38.8 Å². The van der Waals surface area contributed by atoms with Crippen LogP contribution in [0.5, 0.6) is 0 Å². The van der Waals surface area contributed by atoms with Crippen molar-refractivity contribution >= 4 is 51.6 Å². The van der Waals surface area contributed by atoms with Gasteiger partial charge in [-0.3, -0.25) is 24.5 Å². The highest BCUT2D eigenvalue weighted by Crippen LogP contribution is 2.37. The Kier molecular flexibility index (Phi) is 5.14. The summed E-state index contributed by atoms with van der Waals surface area (Å²) in [4.78, 5) is 50.2. The maximum absolute atomic E-state index is 12.7. The third kappa shape index (κ3) is 3.77. The molecule has 2 N–H and O–H groups in total. The molecule has 0 aliphatic carbocycles. The minimum absolute atomic E-state index is 0.164. The number of nitrogens with zero attached hydrogens (tertiary/aromatic N) is 1. The topological polar surface area (TPSA) is 95.6 Å². The molecule has 0 bridgehead atoms. The molecule has 3 heterocycles. The first-order valence-corrected chi connectivity index (χ1v) is 10.4. The van der Waals surface area contributed by atoms with Crippen LogP contribution in [-0.2, 0) is 27.3 Å². The van der Waals surface area contributed by atoms with E-state index in [1.165, 1.54) is 16.2 Å². The van der Waals surface area contributed by atoms with Crippen LogP contribution in [0.3, 0.4) is 0 Å². The number of nitrogens with one attached hydrogen (secondary N) is 2. The van der Waals surface area contributed by atoms with E-state index in [-0.39, 0.29) is 37.1 Å². The molecule has 29 heavy (non-hydrogen) atoms.